The smallest absolute Gasteiger partial charge is 0.346 e. The van der Waals surface area contributed by atoms with Gasteiger partial charge in [-0.05, 0) is 30.2 Å². The Labute approximate surface area is 115 Å². The van der Waals surface area contributed by atoms with Crippen molar-refractivity contribution < 1.29 is 4.79 Å². The van der Waals surface area contributed by atoms with Crippen LogP contribution in [-0.2, 0) is 0 Å². The predicted octanol–water partition coefficient (Wildman–Crippen LogP) is 3.24. The third kappa shape index (κ3) is 2.44. The molecule has 1 atom stereocenters. The zero-order valence-electron chi connectivity index (χ0n) is 9.86. The number of carbonyl (C=O) groups excluding carboxylic acids is 1. The maximum atomic E-state index is 11.7. The number of nitrogens with two attached hydrogens (primary N) is 1. The number of amides is 2. The fourth-order valence-corrected chi connectivity index (χ4v) is 2.60. The van der Waals surface area contributed by atoms with Crippen LogP contribution >= 0.6 is 23.2 Å². The Morgan fingerprint density at radius 2 is 1.94 bits per heavy atom. The maximum Gasteiger partial charge on any atom is 0.346 e. The number of hydrogen-bond donors (Lipinski definition) is 1. The van der Waals surface area contributed by atoms with Gasteiger partial charge in [0.1, 0.15) is 11.9 Å². The van der Waals surface area contributed by atoms with Gasteiger partial charge < -0.3 is 10.6 Å². The number of rotatable bonds is 3. The molecule has 18 heavy (non-hydrogen) atoms. The third-order valence-electron chi connectivity index (χ3n) is 2.73. The molecule has 0 bridgehead atoms. The molecule has 0 fully saturated rings. The lowest BCUT2D eigenvalue weighted by atomic mass is 10.1. The largest absolute Gasteiger partial charge is 0.385 e. The topological polar surface area (TPSA) is 58.7 Å². The van der Waals surface area contributed by atoms with E-state index in [0.29, 0.717) is 16.6 Å². The van der Waals surface area contributed by atoms with Crippen molar-refractivity contribution in [3.05, 3.63) is 33.8 Å². The summed E-state index contributed by atoms with van der Waals surface area (Å²) < 4.78 is 0. The van der Waals surface area contributed by atoms with E-state index in [1.54, 1.807) is 23.1 Å². The number of nitrogens with zero attached hydrogens (tertiary/aromatic N) is 2. The molecule has 1 aromatic carbocycles. The Hall–Kier alpha value is -1.26. The summed E-state index contributed by atoms with van der Waals surface area (Å²) in [5.74, 6) is 0.284. The molecule has 0 saturated heterocycles. The molecule has 2 amide bonds. The van der Waals surface area contributed by atoms with E-state index in [-0.39, 0.29) is 17.9 Å². The van der Waals surface area contributed by atoms with Gasteiger partial charge in [0.15, 0.2) is 0 Å². The maximum absolute atomic E-state index is 11.7. The number of aliphatic imine (C=N–C) groups is 1. The standard InChI is InChI=1S/C12H13Cl2N3O/c1-2-3-17-10(11(15)16-12(17)18)7-4-8(13)6-9(14)5-7/h4-6,10H,2-3H2,1H3,(H2,15,16,18). The normalized spacial score (nSPS) is 19.3. The first-order chi connectivity index (χ1) is 8.52. The third-order valence-corrected chi connectivity index (χ3v) is 3.16. The summed E-state index contributed by atoms with van der Waals surface area (Å²) in [4.78, 5) is 17.1. The minimum atomic E-state index is -0.367. The van der Waals surface area contributed by atoms with Gasteiger partial charge in [0.2, 0.25) is 0 Å². The average Bonchev–Trinajstić information content (AvgIpc) is 2.53. The Kier molecular flexibility index (Phi) is 3.78. The minimum Gasteiger partial charge on any atom is -0.385 e. The van der Waals surface area contributed by atoms with Gasteiger partial charge in [0.25, 0.3) is 0 Å². The van der Waals surface area contributed by atoms with Crippen LogP contribution in [0.25, 0.3) is 0 Å². The van der Waals surface area contributed by atoms with E-state index in [1.807, 2.05) is 6.92 Å². The van der Waals surface area contributed by atoms with Gasteiger partial charge in [0, 0.05) is 16.6 Å². The summed E-state index contributed by atoms with van der Waals surface area (Å²) in [5.41, 5.74) is 6.61. The lowest BCUT2D eigenvalue weighted by Gasteiger charge is -2.24. The second kappa shape index (κ2) is 5.16. The molecular formula is C12H13Cl2N3O. The van der Waals surface area contributed by atoms with E-state index in [2.05, 4.69) is 4.99 Å². The van der Waals surface area contributed by atoms with Gasteiger partial charge in [-0.3, -0.25) is 0 Å². The number of amidine groups is 1. The van der Waals surface area contributed by atoms with Crippen molar-refractivity contribution in [3.8, 4) is 0 Å². The van der Waals surface area contributed by atoms with E-state index in [4.69, 9.17) is 28.9 Å². The molecule has 0 saturated carbocycles. The van der Waals surface area contributed by atoms with Crippen LogP contribution in [-0.4, -0.2) is 23.3 Å². The van der Waals surface area contributed by atoms with Gasteiger partial charge in [0.05, 0.1) is 0 Å². The number of benzene rings is 1. The molecule has 1 unspecified atom stereocenters. The van der Waals surface area contributed by atoms with E-state index in [0.717, 1.165) is 12.0 Å². The zero-order valence-corrected chi connectivity index (χ0v) is 11.4. The summed E-state index contributed by atoms with van der Waals surface area (Å²) >= 11 is 11.9. The fourth-order valence-electron chi connectivity index (χ4n) is 2.06. The number of halogens is 2. The van der Waals surface area contributed by atoms with Gasteiger partial charge >= 0.3 is 6.03 Å². The van der Waals surface area contributed by atoms with Crippen LogP contribution in [0.1, 0.15) is 24.9 Å². The summed E-state index contributed by atoms with van der Waals surface area (Å²) in [6, 6.07) is 4.47. The fraction of sp³-hybridized carbons (Fsp3) is 0.333. The van der Waals surface area contributed by atoms with Crippen molar-refractivity contribution in [2.75, 3.05) is 6.54 Å². The first-order valence-corrected chi connectivity index (χ1v) is 6.39. The Morgan fingerprint density at radius 1 is 1.33 bits per heavy atom. The molecule has 0 spiro atoms. The second-order valence-electron chi connectivity index (χ2n) is 4.12. The van der Waals surface area contributed by atoms with E-state index in [9.17, 15) is 4.79 Å². The lowest BCUT2D eigenvalue weighted by Crippen LogP contribution is -2.33. The molecule has 0 radical (unpaired) electrons. The predicted molar refractivity (Wildman–Crippen MR) is 73.2 cm³/mol. The first-order valence-electron chi connectivity index (χ1n) is 5.63. The van der Waals surface area contributed by atoms with Gasteiger partial charge in [-0.2, -0.15) is 4.99 Å². The Balaban J connectivity index is 2.40. The first kappa shape index (κ1) is 13.2. The molecule has 0 aliphatic carbocycles. The lowest BCUT2D eigenvalue weighted by molar-refractivity contribution is 0.206. The number of urea groups is 1. The SMILES string of the molecule is CCCN1C(=O)N=C(N)C1c1cc(Cl)cc(Cl)c1. The highest BCUT2D eigenvalue weighted by Crippen LogP contribution is 2.30. The summed E-state index contributed by atoms with van der Waals surface area (Å²) in [6.07, 6.45) is 0.833. The average molecular weight is 286 g/mol. The van der Waals surface area contributed by atoms with Gasteiger partial charge in [-0.1, -0.05) is 30.1 Å². The number of carbonyl (C=O) groups is 1. The van der Waals surface area contributed by atoms with E-state index >= 15 is 0 Å². The second-order valence-corrected chi connectivity index (χ2v) is 4.99. The molecular weight excluding hydrogens is 273 g/mol. The monoisotopic (exact) mass is 285 g/mol. The van der Waals surface area contributed by atoms with Gasteiger partial charge in [-0.25, -0.2) is 4.79 Å². The van der Waals surface area contributed by atoms with Crippen LogP contribution in [0, 0.1) is 0 Å². The van der Waals surface area contributed by atoms with Crippen molar-refractivity contribution >= 4 is 35.1 Å². The van der Waals surface area contributed by atoms with Crippen molar-refractivity contribution in [3.63, 3.8) is 0 Å². The summed E-state index contributed by atoms with van der Waals surface area (Å²) in [5, 5.41) is 1.03. The minimum absolute atomic E-state index is 0.284. The van der Waals surface area contributed by atoms with Crippen LogP contribution in [0.4, 0.5) is 4.79 Å². The molecule has 2 rings (SSSR count). The van der Waals surface area contributed by atoms with Gasteiger partial charge in [-0.15, -0.1) is 0 Å². The molecule has 2 N–H and O–H groups in total. The highest BCUT2D eigenvalue weighted by Gasteiger charge is 2.34. The Morgan fingerprint density at radius 3 is 2.50 bits per heavy atom. The summed E-state index contributed by atoms with van der Waals surface area (Å²) in [6.45, 7) is 2.58. The molecule has 1 aliphatic heterocycles. The molecule has 0 aromatic heterocycles. The van der Waals surface area contributed by atoms with Crippen molar-refractivity contribution in [2.24, 2.45) is 10.7 Å². The van der Waals surface area contributed by atoms with Crippen molar-refractivity contribution in [1.29, 1.82) is 0 Å². The molecule has 6 heteroatoms. The molecule has 96 valence electrons. The van der Waals surface area contributed by atoms with Crippen molar-refractivity contribution in [1.82, 2.24) is 4.90 Å². The zero-order chi connectivity index (χ0) is 13.3. The van der Waals surface area contributed by atoms with Crippen LogP contribution < -0.4 is 5.73 Å². The Bertz CT molecular complexity index is 496. The van der Waals surface area contributed by atoms with E-state index < -0.39 is 0 Å². The van der Waals surface area contributed by atoms with Crippen LogP contribution in [0.2, 0.25) is 10.0 Å². The van der Waals surface area contributed by atoms with Crippen molar-refractivity contribution in [2.45, 2.75) is 19.4 Å². The quantitative estimate of drug-likeness (QED) is 0.927. The van der Waals surface area contributed by atoms with Crippen LogP contribution in [0.5, 0.6) is 0 Å². The molecule has 1 aliphatic rings. The highest BCUT2D eigenvalue weighted by molar-refractivity contribution is 6.34. The van der Waals surface area contributed by atoms with Crippen LogP contribution in [0.15, 0.2) is 23.2 Å². The summed E-state index contributed by atoms with van der Waals surface area (Å²) in [7, 11) is 0. The number of hydrogen-bond acceptors (Lipinski definition) is 2. The highest BCUT2D eigenvalue weighted by atomic mass is 35.5. The molecule has 1 heterocycles. The van der Waals surface area contributed by atoms with Crippen LogP contribution in [0.3, 0.4) is 0 Å². The molecule has 4 nitrogen and oxygen atoms in total. The van der Waals surface area contributed by atoms with E-state index in [1.165, 1.54) is 0 Å². The molecule has 1 aromatic rings.